The third-order valence-electron chi connectivity index (χ3n) is 7.79. The van der Waals surface area contributed by atoms with Gasteiger partial charge in [0.1, 0.15) is 0 Å². The normalized spacial score (nSPS) is 12.8. The van der Waals surface area contributed by atoms with Crippen LogP contribution in [0, 0.1) is 13.8 Å². The van der Waals surface area contributed by atoms with Gasteiger partial charge in [-0.2, -0.15) is 0 Å². The summed E-state index contributed by atoms with van der Waals surface area (Å²) in [4.78, 5) is 0. The fourth-order valence-corrected chi connectivity index (χ4v) is 6.22. The van der Waals surface area contributed by atoms with Gasteiger partial charge in [0.15, 0.2) is 0 Å². The Morgan fingerprint density at radius 2 is 0.765 bits per heavy atom. The Morgan fingerprint density at radius 1 is 0.382 bits per heavy atom. The van der Waals surface area contributed by atoms with Crippen LogP contribution in [0.1, 0.15) is 33.4 Å². The minimum absolute atomic E-state index is 1.03. The molecule has 0 saturated carbocycles. The maximum Gasteiger partial charge on any atom is -0.00132 e. The van der Waals surface area contributed by atoms with Crippen LogP contribution in [0.2, 0.25) is 0 Å². The van der Waals surface area contributed by atoms with Crippen LogP contribution in [0.4, 0.5) is 0 Å². The van der Waals surface area contributed by atoms with E-state index >= 15 is 0 Å². The molecule has 0 nitrogen and oxygen atoms in total. The molecule has 0 fully saturated rings. The van der Waals surface area contributed by atoms with Gasteiger partial charge in [0.05, 0.1) is 0 Å². The Morgan fingerprint density at radius 3 is 1.24 bits per heavy atom. The molecule has 0 unspecified atom stereocenters. The molecule has 0 heteroatoms. The fraction of sp³-hybridized carbons (Fsp3) is 0.118. The molecular formula is C34H26. The summed E-state index contributed by atoms with van der Waals surface area (Å²) in [6.07, 6.45) is 2.07. The van der Waals surface area contributed by atoms with E-state index in [-0.39, 0.29) is 0 Å². The molecule has 2 aliphatic rings. The topological polar surface area (TPSA) is 0 Å². The first-order valence-electron chi connectivity index (χ1n) is 12.2. The molecular weight excluding hydrogens is 408 g/mol. The number of fused-ring (bicyclic) bond motifs is 6. The van der Waals surface area contributed by atoms with Crippen molar-refractivity contribution in [2.75, 3.05) is 0 Å². The van der Waals surface area contributed by atoms with Crippen molar-refractivity contribution in [3.8, 4) is 44.5 Å². The van der Waals surface area contributed by atoms with Crippen LogP contribution >= 0.6 is 0 Å². The second-order valence-electron chi connectivity index (χ2n) is 9.83. The molecule has 0 aliphatic heterocycles. The maximum absolute atomic E-state index is 2.42. The second-order valence-corrected chi connectivity index (χ2v) is 9.83. The van der Waals surface area contributed by atoms with Crippen molar-refractivity contribution < 1.29 is 0 Å². The summed E-state index contributed by atoms with van der Waals surface area (Å²) in [6.45, 7) is 4.55. The van der Waals surface area contributed by atoms with Crippen molar-refractivity contribution in [1.82, 2.24) is 0 Å². The van der Waals surface area contributed by atoms with E-state index in [9.17, 15) is 0 Å². The molecule has 0 spiro atoms. The zero-order valence-electron chi connectivity index (χ0n) is 19.7. The van der Waals surface area contributed by atoms with Crippen molar-refractivity contribution in [1.29, 1.82) is 0 Å². The standard InChI is InChI=1S/C34H26/c1-21-17-32(30-16-8-12-26-20-24-10-4-6-14-28(24)34(26)30)22(2)18-31(21)29-15-7-11-25-19-23-9-3-5-13-27(23)33(25)29/h3-18H,19-20H2,1-2H3. The average molecular weight is 435 g/mol. The lowest BCUT2D eigenvalue weighted by Crippen LogP contribution is -1.94. The van der Waals surface area contributed by atoms with Gasteiger partial charge in [-0.05, 0) is 105 Å². The van der Waals surface area contributed by atoms with Gasteiger partial charge in [-0.25, -0.2) is 0 Å². The van der Waals surface area contributed by atoms with Gasteiger partial charge in [-0.1, -0.05) is 97.1 Å². The molecule has 0 saturated heterocycles. The highest BCUT2D eigenvalue weighted by Gasteiger charge is 2.24. The summed E-state index contributed by atoms with van der Waals surface area (Å²) in [5.74, 6) is 0. The molecule has 0 heterocycles. The van der Waals surface area contributed by atoms with Gasteiger partial charge in [-0.15, -0.1) is 0 Å². The Hall–Kier alpha value is -3.90. The number of hydrogen-bond donors (Lipinski definition) is 0. The summed E-state index contributed by atoms with van der Waals surface area (Å²) in [6, 6.07) is 36.2. The van der Waals surface area contributed by atoms with Crippen LogP contribution in [0.5, 0.6) is 0 Å². The zero-order valence-corrected chi connectivity index (χ0v) is 19.7. The van der Waals surface area contributed by atoms with Gasteiger partial charge in [-0.3, -0.25) is 0 Å². The first kappa shape index (κ1) is 19.6. The summed E-state index contributed by atoms with van der Waals surface area (Å²) in [5.41, 5.74) is 19.5. The number of aryl methyl sites for hydroxylation is 2. The smallest absolute Gasteiger partial charge is 0.00132 e. The highest BCUT2D eigenvalue weighted by molar-refractivity contribution is 5.95. The van der Waals surface area contributed by atoms with E-state index in [0.29, 0.717) is 0 Å². The first-order chi connectivity index (χ1) is 16.7. The van der Waals surface area contributed by atoms with Gasteiger partial charge >= 0.3 is 0 Å². The Kier molecular flexibility index (Phi) is 4.20. The molecule has 5 aromatic rings. The summed E-state index contributed by atoms with van der Waals surface area (Å²) >= 11 is 0. The van der Waals surface area contributed by atoms with E-state index in [1.165, 1.54) is 77.9 Å². The van der Waals surface area contributed by atoms with Gasteiger partial charge in [0.2, 0.25) is 0 Å². The molecule has 0 radical (unpaired) electrons. The third kappa shape index (κ3) is 2.78. The fourth-order valence-electron chi connectivity index (χ4n) is 6.22. The van der Waals surface area contributed by atoms with E-state index in [1.807, 2.05) is 0 Å². The van der Waals surface area contributed by atoms with E-state index in [0.717, 1.165) is 12.8 Å². The molecule has 2 aliphatic carbocycles. The van der Waals surface area contributed by atoms with Crippen LogP contribution in [-0.4, -0.2) is 0 Å². The number of hydrogen-bond acceptors (Lipinski definition) is 0. The van der Waals surface area contributed by atoms with Crippen molar-refractivity contribution in [3.05, 3.63) is 130 Å². The van der Waals surface area contributed by atoms with E-state index in [2.05, 4.69) is 111 Å². The highest BCUT2D eigenvalue weighted by Crippen LogP contribution is 2.47. The molecule has 0 aromatic heterocycles. The second kappa shape index (κ2) is 7.30. The molecule has 0 amide bonds. The SMILES string of the molecule is Cc1cc(-c2cccc3c2-c2ccccc2C3)c(C)cc1-c1cccc2c1-c1ccccc1C2. The van der Waals surface area contributed by atoms with Gasteiger partial charge in [0.25, 0.3) is 0 Å². The lowest BCUT2D eigenvalue weighted by molar-refractivity contribution is 1.26. The zero-order chi connectivity index (χ0) is 22.8. The third-order valence-corrected chi connectivity index (χ3v) is 7.79. The Balaban J connectivity index is 1.41. The van der Waals surface area contributed by atoms with Crippen LogP contribution in [0.25, 0.3) is 44.5 Å². The van der Waals surface area contributed by atoms with E-state index in [1.54, 1.807) is 0 Å². The summed E-state index contributed by atoms with van der Waals surface area (Å²) in [7, 11) is 0. The number of benzene rings is 5. The lowest BCUT2D eigenvalue weighted by atomic mass is 9.86. The predicted octanol–water partition coefficient (Wildman–Crippen LogP) is 8.78. The minimum Gasteiger partial charge on any atom is -0.0619 e. The minimum atomic E-state index is 1.03. The van der Waals surface area contributed by atoms with Crippen molar-refractivity contribution in [3.63, 3.8) is 0 Å². The molecule has 7 rings (SSSR count). The lowest BCUT2D eigenvalue weighted by Gasteiger charge is -2.18. The Labute approximate surface area is 201 Å². The van der Waals surface area contributed by atoms with Crippen LogP contribution in [0.3, 0.4) is 0 Å². The summed E-state index contributed by atoms with van der Waals surface area (Å²) in [5, 5.41) is 0. The molecule has 0 atom stereocenters. The molecule has 162 valence electrons. The van der Waals surface area contributed by atoms with Gasteiger partial charge < -0.3 is 0 Å². The van der Waals surface area contributed by atoms with E-state index < -0.39 is 0 Å². The van der Waals surface area contributed by atoms with Crippen molar-refractivity contribution >= 4 is 0 Å². The number of rotatable bonds is 2. The first-order valence-corrected chi connectivity index (χ1v) is 12.2. The molecule has 5 aromatic carbocycles. The van der Waals surface area contributed by atoms with Crippen LogP contribution in [-0.2, 0) is 12.8 Å². The van der Waals surface area contributed by atoms with Crippen molar-refractivity contribution in [2.24, 2.45) is 0 Å². The van der Waals surface area contributed by atoms with E-state index in [4.69, 9.17) is 0 Å². The monoisotopic (exact) mass is 434 g/mol. The predicted molar refractivity (Wildman–Crippen MR) is 143 cm³/mol. The maximum atomic E-state index is 2.42. The Bertz CT molecular complexity index is 1490. The highest BCUT2D eigenvalue weighted by atomic mass is 14.3. The van der Waals surface area contributed by atoms with Gasteiger partial charge in [0, 0.05) is 0 Å². The molecule has 34 heavy (non-hydrogen) atoms. The molecule has 0 bridgehead atoms. The average Bonchev–Trinajstić information content (AvgIpc) is 3.43. The van der Waals surface area contributed by atoms with Crippen LogP contribution in [0.15, 0.2) is 97.1 Å². The summed E-state index contributed by atoms with van der Waals surface area (Å²) < 4.78 is 0. The largest absolute Gasteiger partial charge is 0.0619 e. The quantitative estimate of drug-likeness (QED) is 0.255. The van der Waals surface area contributed by atoms with Crippen LogP contribution < -0.4 is 0 Å². The van der Waals surface area contributed by atoms with Crippen molar-refractivity contribution in [2.45, 2.75) is 26.7 Å². The molecule has 0 N–H and O–H groups in total.